The lowest BCUT2D eigenvalue weighted by Gasteiger charge is -1.85. The van der Waals surface area contributed by atoms with Crippen molar-refractivity contribution in [3.63, 3.8) is 0 Å². The van der Waals surface area contributed by atoms with E-state index in [-0.39, 0.29) is 12.4 Å². The molecule has 0 aliphatic carbocycles. The van der Waals surface area contributed by atoms with Crippen LogP contribution in [0.15, 0.2) is 45.9 Å². The van der Waals surface area contributed by atoms with E-state index in [2.05, 4.69) is 15.5 Å². The summed E-state index contributed by atoms with van der Waals surface area (Å²) >= 11 is 0. The molecule has 0 fully saturated rings. The second-order valence-electron chi connectivity index (χ2n) is 1.86. The second-order valence-corrected chi connectivity index (χ2v) is 1.86. The average molecular weight is 185 g/mol. The molecule has 5 heteroatoms. The molecule has 0 atom stereocenters. The van der Waals surface area contributed by atoms with E-state index in [0.717, 1.165) is 5.56 Å². The molecular weight excluding hydrogens is 176 g/mol. The minimum Gasteiger partial charge on any atom is -0.303 e. The van der Waals surface area contributed by atoms with Crippen LogP contribution in [0.25, 0.3) is 0 Å². The Labute approximate surface area is 76.6 Å². The second kappa shape index (κ2) is 6.30. The molecule has 0 unspecified atom stereocenters. The van der Waals surface area contributed by atoms with Crippen molar-refractivity contribution in [3.05, 3.63) is 35.9 Å². The lowest BCUT2D eigenvalue weighted by atomic mass is 10.2. The number of nitrogens with zero attached hydrogens (tertiary/aromatic N) is 3. The summed E-state index contributed by atoms with van der Waals surface area (Å²) in [4.78, 5) is 0. The van der Waals surface area contributed by atoms with E-state index < -0.39 is 0 Å². The first-order chi connectivity index (χ1) is 5.43. The molecule has 0 aromatic heterocycles. The Balaban J connectivity index is 0.00000121. The van der Waals surface area contributed by atoms with Crippen LogP contribution in [0, 0.1) is 0 Å². The summed E-state index contributed by atoms with van der Waals surface area (Å²) in [5, 5.41) is 9.79. The van der Waals surface area contributed by atoms with Gasteiger partial charge in [0.1, 0.15) is 0 Å². The van der Waals surface area contributed by atoms with Gasteiger partial charge >= 0.3 is 0 Å². The molecule has 0 aliphatic rings. The van der Waals surface area contributed by atoms with Crippen molar-refractivity contribution in [1.29, 1.82) is 0 Å². The van der Waals surface area contributed by atoms with Crippen LogP contribution < -0.4 is 5.84 Å². The number of hydrogen-bond acceptors (Lipinski definition) is 2. The Bertz CT molecular complexity index is 257. The van der Waals surface area contributed by atoms with E-state index in [1.54, 1.807) is 6.21 Å². The molecule has 0 saturated heterocycles. The molecule has 1 aromatic carbocycles. The van der Waals surface area contributed by atoms with Gasteiger partial charge in [-0.15, -0.1) is 17.5 Å². The predicted octanol–water partition coefficient (Wildman–Crippen LogP) is 1.77. The summed E-state index contributed by atoms with van der Waals surface area (Å²) in [7, 11) is 0. The van der Waals surface area contributed by atoms with Gasteiger partial charge in [0, 0.05) is 0 Å². The maximum atomic E-state index is 4.74. The number of hydrogen-bond donors (Lipinski definition) is 1. The van der Waals surface area contributed by atoms with Crippen molar-refractivity contribution in [3.8, 4) is 0 Å². The maximum Gasteiger partial charge on any atom is 0.0586 e. The largest absolute Gasteiger partial charge is 0.303 e. The lowest BCUT2D eigenvalue weighted by molar-refractivity contribution is 0.960. The first kappa shape index (κ1) is 10.6. The molecule has 12 heavy (non-hydrogen) atoms. The average Bonchev–Trinajstić information content (AvgIpc) is 2.07. The molecule has 0 amide bonds. The number of benzene rings is 1. The highest BCUT2D eigenvalue weighted by Gasteiger charge is 1.80. The molecule has 1 aromatic rings. The van der Waals surface area contributed by atoms with Gasteiger partial charge in [-0.3, -0.25) is 0 Å². The third-order valence-corrected chi connectivity index (χ3v) is 1.11. The molecule has 1 rings (SSSR count). The molecule has 2 N–H and O–H groups in total. The Morgan fingerprint density at radius 2 is 1.83 bits per heavy atom. The summed E-state index contributed by atoms with van der Waals surface area (Å²) in [5.74, 6) is 4.74. The normalized spacial score (nSPS) is 10.3. The molecule has 0 saturated carbocycles. The molecule has 0 bridgehead atoms. The van der Waals surface area contributed by atoms with E-state index in [9.17, 15) is 0 Å². The van der Waals surface area contributed by atoms with E-state index in [0.29, 0.717) is 0 Å². The van der Waals surface area contributed by atoms with Gasteiger partial charge in [0.05, 0.1) is 6.21 Å². The summed E-state index contributed by atoms with van der Waals surface area (Å²) in [6, 6.07) is 9.59. The van der Waals surface area contributed by atoms with Crippen LogP contribution in [0.1, 0.15) is 5.56 Å². The molecule has 64 valence electrons. The first-order valence-corrected chi connectivity index (χ1v) is 3.12. The van der Waals surface area contributed by atoms with Crippen LogP contribution in [0.4, 0.5) is 0 Å². The van der Waals surface area contributed by atoms with Gasteiger partial charge in [-0.2, -0.15) is 0 Å². The highest BCUT2D eigenvalue weighted by molar-refractivity contribution is 5.85. The molecule has 0 aliphatic heterocycles. The smallest absolute Gasteiger partial charge is 0.0586 e. The van der Waals surface area contributed by atoms with Crippen molar-refractivity contribution in [2.24, 2.45) is 21.4 Å². The van der Waals surface area contributed by atoms with E-state index in [1.807, 2.05) is 30.3 Å². The monoisotopic (exact) mass is 184 g/mol. The van der Waals surface area contributed by atoms with Crippen molar-refractivity contribution in [1.82, 2.24) is 0 Å². The van der Waals surface area contributed by atoms with Gasteiger partial charge in [0.15, 0.2) is 0 Å². The molecule has 0 radical (unpaired) electrons. The minimum absolute atomic E-state index is 0. The molecule has 4 nitrogen and oxygen atoms in total. The van der Waals surface area contributed by atoms with E-state index in [1.165, 1.54) is 0 Å². The first-order valence-electron chi connectivity index (χ1n) is 3.12. The quantitative estimate of drug-likeness (QED) is 0.324. The number of rotatable bonds is 2. The summed E-state index contributed by atoms with van der Waals surface area (Å²) in [5.41, 5.74) is 0.972. The number of halogens is 1. The Morgan fingerprint density at radius 1 is 1.17 bits per heavy atom. The van der Waals surface area contributed by atoms with Crippen LogP contribution in [0.2, 0.25) is 0 Å². The molecule has 0 heterocycles. The van der Waals surface area contributed by atoms with Crippen molar-refractivity contribution < 1.29 is 0 Å². The maximum absolute atomic E-state index is 4.74. The highest BCUT2D eigenvalue weighted by atomic mass is 35.5. The summed E-state index contributed by atoms with van der Waals surface area (Å²) < 4.78 is 0. The zero-order valence-electron chi connectivity index (χ0n) is 6.29. The van der Waals surface area contributed by atoms with Crippen LogP contribution in [-0.4, -0.2) is 6.21 Å². The van der Waals surface area contributed by atoms with Gasteiger partial charge in [-0.1, -0.05) is 35.6 Å². The van der Waals surface area contributed by atoms with Gasteiger partial charge in [-0.25, -0.2) is 0 Å². The van der Waals surface area contributed by atoms with Gasteiger partial charge in [0.2, 0.25) is 0 Å². The fourth-order valence-electron chi connectivity index (χ4n) is 0.661. The van der Waals surface area contributed by atoms with Crippen LogP contribution in [-0.2, 0) is 0 Å². The van der Waals surface area contributed by atoms with E-state index in [4.69, 9.17) is 5.84 Å². The van der Waals surface area contributed by atoms with Gasteiger partial charge in [0.25, 0.3) is 0 Å². The standard InChI is InChI=1S/C7H8N4.ClH/c8-10-11-9-6-7-4-2-1-3-5-7;/h1-6H,(H2,8,11);1H. The third kappa shape index (κ3) is 3.68. The Hall–Kier alpha value is -1.42. The predicted molar refractivity (Wildman–Crippen MR) is 50.3 cm³/mol. The summed E-state index contributed by atoms with van der Waals surface area (Å²) in [6.07, 6.45) is 1.58. The third-order valence-electron chi connectivity index (χ3n) is 1.11. The lowest BCUT2D eigenvalue weighted by Crippen LogP contribution is -1.77. The SMILES string of the molecule is Cl.NN=NN=Cc1ccccc1. The van der Waals surface area contributed by atoms with Crippen molar-refractivity contribution in [2.45, 2.75) is 0 Å². The fourth-order valence-corrected chi connectivity index (χ4v) is 0.661. The van der Waals surface area contributed by atoms with Gasteiger partial charge < -0.3 is 5.84 Å². The fraction of sp³-hybridized carbons (Fsp3) is 0. The van der Waals surface area contributed by atoms with Crippen molar-refractivity contribution in [2.75, 3.05) is 0 Å². The topological polar surface area (TPSA) is 63.1 Å². The highest BCUT2D eigenvalue weighted by Crippen LogP contribution is 1.93. The summed E-state index contributed by atoms with van der Waals surface area (Å²) in [6.45, 7) is 0. The Morgan fingerprint density at radius 3 is 2.42 bits per heavy atom. The van der Waals surface area contributed by atoms with Gasteiger partial charge in [-0.05, 0) is 10.8 Å². The molecular formula is C7H9ClN4. The van der Waals surface area contributed by atoms with Crippen molar-refractivity contribution >= 4 is 18.6 Å². The van der Waals surface area contributed by atoms with Crippen LogP contribution >= 0.6 is 12.4 Å². The van der Waals surface area contributed by atoms with Crippen LogP contribution in [0.3, 0.4) is 0 Å². The minimum atomic E-state index is 0. The zero-order valence-corrected chi connectivity index (χ0v) is 7.11. The molecule has 0 spiro atoms. The number of nitrogens with two attached hydrogens (primary N) is 1. The van der Waals surface area contributed by atoms with Crippen LogP contribution in [0.5, 0.6) is 0 Å². The van der Waals surface area contributed by atoms with E-state index >= 15 is 0 Å². The zero-order chi connectivity index (χ0) is 7.94. The Kier molecular flexibility index (Phi) is 5.55.